The standard InChI is InChI=1S/C8H5F3N4O2/c9-8(10,11)17-7-5(13)4(6(14)16)3(1-12)2-15-7/h2H,13H2,(H2,14,16). The summed E-state index contributed by atoms with van der Waals surface area (Å²) in [6, 6.07) is 1.53. The van der Waals surface area contributed by atoms with Gasteiger partial charge in [0.15, 0.2) is 0 Å². The average molecular weight is 246 g/mol. The SMILES string of the molecule is N#Cc1cnc(OC(F)(F)F)c(N)c1C(N)=O. The van der Waals surface area contributed by atoms with Gasteiger partial charge in [0.1, 0.15) is 11.8 Å². The molecule has 1 amide bonds. The van der Waals surface area contributed by atoms with Crippen LogP contribution in [-0.4, -0.2) is 17.3 Å². The van der Waals surface area contributed by atoms with Crippen molar-refractivity contribution >= 4 is 11.6 Å². The molecule has 4 N–H and O–H groups in total. The Morgan fingerprint density at radius 3 is 2.53 bits per heavy atom. The number of hydrogen-bond donors (Lipinski definition) is 2. The van der Waals surface area contributed by atoms with Gasteiger partial charge >= 0.3 is 6.36 Å². The first-order chi connectivity index (χ1) is 7.76. The molecule has 0 aromatic carbocycles. The number of amides is 1. The van der Waals surface area contributed by atoms with Crippen molar-refractivity contribution in [2.45, 2.75) is 6.36 Å². The van der Waals surface area contributed by atoms with Gasteiger partial charge in [-0.3, -0.25) is 4.79 Å². The molecule has 0 bridgehead atoms. The quantitative estimate of drug-likeness (QED) is 0.789. The number of nitrogens with two attached hydrogens (primary N) is 2. The zero-order chi connectivity index (χ0) is 13.2. The third kappa shape index (κ3) is 2.75. The van der Waals surface area contributed by atoms with Gasteiger partial charge in [-0.15, -0.1) is 13.2 Å². The number of halogens is 3. The fourth-order valence-electron chi connectivity index (χ4n) is 1.05. The van der Waals surface area contributed by atoms with E-state index in [1.165, 1.54) is 6.07 Å². The summed E-state index contributed by atoms with van der Waals surface area (Å²) in [5.41, 5.74) is 8.51. The van der Waals surface area contributed by atoms with Crippen LogP contribution in [0.15, 0.2) is 6.20 Å². The van der Waals surface area contributed by atoms with Crippen LogP contribution < -0.4 is 16.2 Å². The molecule has 0 saturated heterocycles. The molecule has 1 aromatic heterocycles. The number of nitrogen functional groups attached to an aromatic ring is 1. The highest BCUT2D eigenvalue weighted by Crippen LogP contribution is 2.29. The van der Waals surface area contributed by atoms with Crippen molar-refractivity contribution in [3.63, 3.8) is 0 Å². The molecular formula is C8H5F3N4O2. The lowest BCUT2D eigenvalue weighted by Crippen LogP contribution is -2.22. The van der Waals surface area contributed by atoms with Crippen LogP contribution in [0, 0.1) is 11.3 Å². The minimum Gasteiger partial charge on any atom is -0.394 e. The van der Waals surface area contributed by atoms with Gasteiger partial charge in [0, 0.05) is 6.20 Å². The van der Waals surface area contributed by atoms with E-state index in [2.05, 4.69) is 9.72 Å². The van der Waals surface area contributed by atoms with Crippen LogP contribution in [0.25, 0.3) is 0 Å². The Balaban J connectivity index is 3.35. The van der Waals surface area contributed by atoms with Gasteiger partial charge in [-0.25, -0.2) is 4.98 Å². The van der Waals surface area contributed by atoms with Crippen molar-refractivity contribution in [1.82, 2.24) is 4.98 Å². The number of nitrogens with zero attached hydrogens (tertiary/aromatic N) is 2. The molecule has 0 fully saturated rings. The van der Waals surface area contributed by atoms with E-state index >= 15 is 0 Å². The molecule has 6 nitrogen and oxygen atoms in total. The van der Waals surface area contributed by atoms with Gasteiger partial charge < -0.3 is 16.2 Å². The molecule has 0 aliphatic rings. The molecule has 9 heteroatoms. The summed E-state index contributed by atoms with van der Waals surface area (Å²) in [7, 11) is 0. The van der Waals surface area contributed by atoms with E-state index in [0.717, 1.165) is 6.20 Å². The van der Waals surface area contributed by atoms with E-state index in [-0.39, 0.29) is 5.56 Å². The van der Waals surface area contributed by atoms with Gasteiger partial charge in [-0.1, -0.05) is 0 Å². The predicted octanol–water partition coefficient (Wildman–Crippen LogP) is 0.533. The number of nitriles is 1. The monoisotopic (exact) mass is 246 g/mol. The van der Waals surface area contributed by atoms with Crippen molar-refractivity contribution in [3.8, 4) is 11.9 Å². The average Bonchev–Trinajstić information content (AvgIpc) is 2.18. The Labute approximate surface area is 92.6 Å². The lowest BCUT2D eigenvalue weighted by molar-refractivity contribution is -0.275. The van der Waals surface area contributed by atoms with Crippen LogP contribution >= 0.6 is 0 Å². The van der Waals surface area contributed by atoms with Gasteiger partial charge in [0.2, 0.25) is 5.88 Å². The Bertz CT molecular complexity index is 507. The number of carbonyl (C=O) groups excluding carboxylic acids is 1. The summed E-state index contributed by atoms with van der Waals surface area (Å²) < 4.78 is 39.3. The second-order valence-electron chi connectivity index (χ2n) is 2.79. The topological polar surface area (TPSA) is 115 Å². The summed E-state index contributed by atoms with van der Waals surface area (Å²) >= 11 is 0. The molecule has 1 heterocycles. The molecule has 1 rings (SSSR count). The number of hydrogen-bond acceptors (Lipinski definition) is 5. The predicted molar refractivity (Wildman–Crippen MR) is 48.6 cm³/mol. The molecule has 0 aliphatic heterocycles. The number of alkyl halides is 3. The maximum absolute atomic E-state index is 11.9. The Kier molecular flexibility index (Phi) is 3.08. The van der Waals surface area contributed by atoms with Crippen LogP contribution in [0.2, 0.25) is 0 Å². The zero-order valence-corrected chi connectivity index (χ0v) is 8.08. The number of pyridine rings is 1. The number of rotatable bonds is 2. The van der Waals surface area contributed by atoms with Gasteiger partial charge in [-0.2, -0.15) is 5.26 Å². The lowest BCUT2D eigenvalue weighted by Gasteiger charge is -2.12. The lowest BCUT2D eigenvalue weighted by atomic mass is 10.1. The third-order valence-electron chi connectivity index (χ3n) is 1.66. The van der Waals surface area contributed by atoms with Crippen LogP contribution in [0.5, 0.6) is 5.88 Å². The molecule has 0 aliphatic carbocycles. The van der Waals surface area contributed by atoms with E-state index in [1.807, 2.05) is 0 Å². The molecule has 0 saturated carbocycles. The highest BCUT2D eigenvalue weighted by atomic mass is 19.4. The molecular weight excluding hydrogens is 241 g/mol. The van der Waals surface area contributed by atoms with E-state index in [0.29, 0.717) is 0 Å². The minimum atomic E-state index is -5.01. The van der Waals surface area contributed by atoms with Crippen molar-refractivity contribution in [3.05, 3.63) is 17.3 Å². The van der Waals surface area contributed by atoms with Crippen LogP contribution in [0.1, 0.15) is 15.9 Å². The molecule has 0 spiro atoms. The number of carbonyl (C=O) groups is 1. The molecule has 0 radical (unpaired) electrons. The maximum atomic E-state index is 11.9. The second-order valence-corrected chi connectivity index (χ2v) is 2.79. The second kappa shape index (κ2) is 4.17. The summed E-state index contributed by atoms with van der Waals surface area (Å²) in [6.45, 7) is 0. The van der Waals surface area contributed by atoms with Crippen LogP contribution in [0.3, 0.4) is 0 Å². The Hall–Kier alpha value is -2.50. The highest BCUT2D eigenvalue weighted by molar-refractivity contribution is 6.01. The van der Waals surface area contributed by atoms with Crippen LogP contribution in [0.4, 0.5) is 18.9 Å². The fraction of sp³-hybridized carbons (Fsp3) is 0.125. The number of aromatic nitrogens is 1. The molecule has 90 valence electrons. The van der Waals surface area contributed by atoms with Crippen LogP contribution in [-0.2, 0) is 0 Å². The summed E-state index contributed by atoms with van der Waals surface area (Å²) in [5.74, 6) is -2.17. The van der Waals surface area contributed by atoms with E-state index in [9.17, 15) is 18.0 Å². The first-order valence-corrected chi connectivity index (χ1v) is 4.00. The van der Waals surface area contributed by atoms with Crippen molar-refractivity contribution < 1.29 is 22.7 Å². The Morgan fingerprint density at radius 2 is 2.12 bits per heavy atom. The molecule has 0 atom stereocenters. The molecule has 17 heavy (non-hydrogen) atoms. The summed E-state index contributed by atoms with van der Waals surface area (Å²) in [6.07, 6.45) is -4.29. The molecule has 1 aromatic rings. The Morgan fingerprint density at radius 1 is 1.53 bits per heavy atom. The smallest absolute Gasteiger partial charge is 0.394 e. The highest BCUT2D eigenvalue weighted by Gasteiger charge is 2.33. The number of ether oxygens (including phenoxy) is 1. The van der Waals surface area contributed by atoms with E-state index in [4.69, 9.17) is 16.7 Å². The zero-order valence-electron chi connectivity index (χ0n) is 8.08. The summed E-state index contributed by atoms with van der Waals surface area (Å²) in [5, 5.41) is 8.60. The normalized spacial score (nSPS) is 10.7. The van der Waals surface area contributed by atoms with Crippen molar-refractivity contribution in [1.29, 1.82) is 5.26 Å². The largest absolute Gasteiger partial charge is 0.574 e. The van der Waals surface area contributed by atoms with Crippen molar-refractivity contribution in [2.75, 3.05) is 5.73 Å². The van der Waals surface area contributed by atoms with E-state index < -0.39 is 29.4 Å². The van der Waals surface area contributed by atoms with Gasteiger partial charge in [-0.05, 0) is 0 Å². The van der Waals surface area contributed by atoms with Gasteiger partial charge in [0.25, 0.3) is 5.91 Å². The minimum absolute atomic E-state index is 0.329. The van der Waals surface area contributed by atoms with Gasteiger partial charge in [0.05, 0.1) is 11.1 Å². The van der Waals surface area contributed by atoms with Crippen molar-refractivity contribution in [2.24, 2.45) is 5.73 Å². The maximum Gasteiger partial charge on any atom is 0.574 e. The number of primary amides is 1. The van der Waals surface area contributed by atoms with E-state index in [1.54, 1.807) is 0 Å². The fourth-order valence-corrected chi connectivity index (χ4v) is 1.05. The first kappa shape index (κ1) is 12.6. The summed E-state index contributed by atoms with van der Waals surface area (Å²) in [4.78, 5) is 14.1. The first-order valence-electron chi connectivity index (χ1n) is 4.00. The third-order valence-corrected chi connectivity index (χ3v) is 1.66. The molecule has 0 unspecified atom stereocenters. The number of anilines is 1.